The van der Waals surface area contributed by atoms with Gasteiger partial charge in [-0.15, -0.1) is 10.2 Å². The van der Waals surface area contributed by atoms with E-state index in [0.717, 1.165) is 11.3 Å². The van der Waals surface area contributed by atoms with Crippen LogP contribution < -0.4 is 19.5 Å². The normalized spacial score (nSPS) is 10.7. The first-order chi connectivity index (χ1) is 17.9. The maximum absolute atomic E-state index is 13.0. The van der Waals surface area contributed by atoms with Crippen LogP contribution in [0.2, 0.25) is 10.0 Å². The van der Waals surface area contributed by atoms with Crippen LogP contribution >= 0.6 is 35.0 Å². The van der Waals surface area contributed by atoms with Crippen LogP contribution in [-0.4, -0.2) is 42.0 Å². The molecule has 1 heterocycles. The van der Waals surface area contributed by atoms with Crippen molar-refractivity contribution in [1.82, 2.24) is 20.1 Å². The molecule has 1 aromatic heterocycles. The van der Waals surface area contributed by atoms with Gasteiger partial charge in [-0.05, 0) is 48.0 Å². The van der Waals surface area contributed by atoms with Crippen molar-refractivity contribution in [2.45, 2.75) is 17.5 Å². The highest BCUT2D eigenvalue weighted by Gasteiger charge is 2.19. The number of nitrogens with zero attached hydrogens (tertiary/aromatic N) is 3. The van der Waals surface area contributed by atoms with Crippen LogP contribution in [0.25, 0.3) is 5.69 Å². The van der Waals surface area contributed by atoms with Crippen LogP contribution in [-0.2, 0) is 12.3 Å². The number of hydrogen-bond acceptors (Lipinski definition) is 7. The Hall–Kier alpha value is -3.40. The molecule has 0 aliphatic heterocycles. The molecule has 4 rings (SSSR count). The fourth-order valence-corrected chi connectivity index (χ4v) is 4.96. The molecule has 4 aromatic rings. The summed E-state index contributed by atoms with van der Waals surface area (Å²) in [6.45, 7) is 0.0969. The number of thioether (sulfide) groups is 1. The summed E-state index contributed by atoms with van der Waals surface area (Å²) >= 11 is 14.2. The maximum atomic E-state index is 13.0. The maximum Gasteiger partial charge on any atom is 0.255 e. The molecular weight excluding hydrogens is 535 g/mol. The number of hydrogen-bond donors (Lipinski definition) is 1. The zero-order valence-electron chi connectivity index (χ0n) is 20.3. The van der Waals surface area contributed by atoms with E-state index in [9.17, 15) is 4.79 Å². The summed E-state index contributed by atoms with van der Waals surface area (Å²) in [5, 5.41) is 13.2. The van der Waals surface area contributed by atoms with Crippen molar-refractivity contribution in [2.24, 2.45) is 0 Å². The Morgan fingerprint density at radius 2 is 1.73 bits per heavy atom. The van der Waals surface area contributed by atoms with E-state index in [2.05, 4.69) is 15.5 Å². The largest absolute Gasteiger partial charge is 0.497 e. The van der Waals surface area contributed by atoms with Gasteiger partial charge in [0.15, 0.2) is 11.0 Å². The van der Waals surface area contributed by atoms with E-state index < -0.39 is 0 Å². The second-order valence-electron chi connectivity index (χ2n) is 7.72. The van der Waals surface area contributed by atoms with Crippen LogP contribution in [0.4, 0.5) is 0 Å². The van der Waals surface area contributed by atoms with E-state index >= 15 is 0 Å². The lowest BCUT2D eigenvalue weighted by molar-refractivity contribution is 0.0946. The van der Waals surface area contributed by atoms with Gasteiger partial charge in [-0.1, -0.05) is 47.1 Å². The molecule has 37 heavy (non-hydrogen) atoms. The molecule has 0 spiro atoms. The third kappa shape index (κ3) is 6.30. The Labute approximate surface area is 228 Å². The number of rotatable bonds is 10. The number of amides is 1. The molecule has 1 N–H and O–H groups in total. The van der Waals surface area contributed by atoms with Gasteiger partial charge in [0.25, 0.3) is 5.91 Å². The number of aromatic nitrogens is 3. The number of methoxy groups -OCH3 is 3. The molecule has 0 saturated heterocycles. The summed E-state index contributed by atoms with van der Waals surface area (Å²) in [4.78, 5) is 13.0. The number of nitrogens with one attached hydrogen (secondary N) is 1. The molecule has 192 valence electrons. The molecule has 11 heteroatoms. The molecule has 0 atom stereocenters. The van der Waals surface area contributed by atoms with Crippen molar-refractivity contribution < 1.29 is 19.0 Å². The Kier molecular flexibility index (Phi) is 8.81. The molecule has 3 aromatic carbocycles. The SMILES string of the molecule is COc1cccc(CSc2nnc(CNC(=O)c3ccc(OC)cc3OC)n2-c2ccc(Cl)cc2Cl)c1. The second kappa shape index (κ2) is 12.2. The molecule has 8 nitrogen and oxygen atoms in total. The minimum Gasteiger partial charge on any atom is -0.497 e. The molecule has 1 amide bonds. The molecular formula is C26H24Cl2N4O4S. The van der Waals surface area contributed by atoms with Crippen molar-refractivity contribution in [2.75, 3.05) is 21.3 Å². The lowest BCUT2D eigenvalue weighted by Crippen LogP contribution is -2.25. The fraction of sp³-hybridized carbons (Fsp3) is 0.192. The van der Waals surface area contributed by atoms with Gasteiger partial charge in [0.05, 0.1) is 44.1 Å². The number of benzene rings is 3. The number of ether oxygens (including phenoxy) is 3. The third-order valence-electron chi connectivity index (χ3n) is 5.41. The summed E-state index contributed by atoms with van der Waals surface area (Å²) in [5.74, 6) is 2.55. The molecule has 0 bridgehead atoms. The van der Waals surface area contributed by atoms with Crippen molar-refractivity contribution in [3.63, 3.8) is 0 Å². The first kappa shape index (κ1) is 26.7. The Balaban J connectivity index is 1.61. The molecule has 0 aliphatic carbocycles. The Morgan fingerprint density at radius 3 is 2.46 bits per heavy atom. The van der Waals surface area contributed by atoms with Gasteiger partial charge in [0.1, 0.15) is 17.2 Å². The van der Waals surface area contributed by atoms with Gasteiger partial charge >= 0.3 is 0 Å². The van der Waals surface area contributed by atoms with Crippen molar-refractivity contribution >= 4 is 40.9 Å². The van der Waals surface area contributed by atoms with Crippen molar-refractivity contribution in [1.29, 1.82) is 0 Å². The minimum absolute atomic E-state index is 0.0969. The number of carbonyl (C=O) groups is 1. The van der Waals surface area contributed by atoms with Crippen LogP contribution in [0.1, 0.15) is 21.7 Å². The predicted molar refractivity (Wildman–Crippen MR) is 145 cm³/mol. The van der Waals surface area contributed by atoms with E-state index in [1.807, 2.05) is 28.8 Å². The average Bonchev–Trinajstić information content (AvgIpc) is 3.32. The van der Waals surface area contributed by atoms with Crippen LogP contribution in [0.3, 0.4) is 0 Å². The zero-order chi connectivity index (χ0) is 26.4. The molecule has 0 fully saturated rings. The topological polar surface area (TPSA) is 87.5 Å². The van der Waals surface area contributed by atoms with Gasteiger partial charge in [0, 0.05) is 16.8 Å². The van der Waals surface area contributed by atoms with E-state index in [0.29, 0.717) is 49.5 Å². The molecule has 0 unspecified atom stereocenters. The highest BCUT2D eigenvalue weighted by molar-refractivity contribution is 7.98. The molecule has 0 aliphatic rings. The Morgan fingerprint density at radius 1 is 0.946 bits per heavy atom. The number of carbonyl (C=O) groups excluding carboxylic acids is 1. The van der Waals surface area contributed by atoms with Crippen LogP contribution in [0, 0.1) is 0 Å². The van der Waals surface area contributed by atoms with Crippen LogP contribution in [0.5, 0.6) is 17.2 Å². The fourth-order valence-electron chi connectivity index (χ4n) is 3.56. The zero-order valence-corrected chi connectivity index (χ0v) is 22.7. The van der Waals surface area contributed by atoms with E-state index in [1.165, 1.54) is 18.9 Å². The quantitative estimate of drug-likeness (QED) is 0.245. The summed E-state index contributed by atoms with van der Waals surface area (Å²) < 4.78 is 17.7. The number of halogens is 2. The summed E-state index contributed by atoms with van der Waals surface area (Å²) in [5.41, 5.74) is 2.07. The summed E-state index contributed by atoms with van der Waals surface area (Å²) in [7, 11) is 4.68. The summed E-state index contributed by atoms with van der Waals surface area (Å²) in [6, 6.07) is 18.0. The first-order valence-corrected chi connectivity index (χ1v) is 12.8. The molecule has 0 radical (unpaired) electrons. The predicted octanol–water partition coefficient (Wildman–Crippen LogP) is 5.82. The van der Waals surface area contributed by atoms with E-state index in [1.54, 1.807) is 50.6 Å². The average molecular weight is 559 g/mol. The molecule has 0 saturated carbocycles. The highest BCUT2D eigenvalue weighted by atomic mass is 35.5. The van der Waals surface area contributed by atoms with Gasteiger partial charge in [-0.25, -0.2) is 0 Å². The monoisotopic (exact) mass is 558 g/mol. The first-order valence-electron chi connectivity index (χ1n) is 11.1. The van der Waals surface area contributed by atoms with Gasteiger partial charge < -0.3 is 19.5 Å². The van der Waals surface area contributed by atoms with Gasteiger partial charge in [0.2, 0.25) is 0 Å². The highest BCUT2D eigenvalue weighted by Crippen LogP contribution is 2.31. The second-order valence-corrected chi connectivity index (χ2v) is 9.51. The lowest BCUT2D eigenvalue weighted by atomic mass is 10.1. The lowest BCUT2D eigenvalue weighted by Gasteiger charge is -2.14. The van der Waals surface area contributed by atoms with Crippen molar-refractivity contribution in [3.8, 4) is 22.9 Å². The Bertz CT molecular complexity index is 1410. The van der Waals surface area contributed by atoms with Crippen molar-refractivity contribution in [3.05, 3.63) is 87.7 Å². The minimum atomic E-state index is -0.332. The smallest absolute Gasteiger partial charge is 0.255 e. The third-order valence-corrected chi connectivity index (χ3v) is 6.95. The van der Waals surface area contributed by atoms with Gasteiger partial charge in [-0.2, -0.15) is 0 Å². The summed E-state index contributed by atoms with van der Waals surface area (Å²) in [6.07, 6.45) is 0. The van der Waals surface area contributed by atoms with E-state index in [-0.39, 0.29) is 12.5 Å². The van der Waals surface area contributed by atoms with E-state index in [4.69, 9.17) is 37.4 Å². The standard InChI is InChI=1S/C26H24Cl2N4O4S/c1-34-18-6-4-5-16(11-18)15-37-26-31-30-24(32(26)22-10-7-17(27)12-21(22)28)14-29-25(33)20-9-8-19(35-2)13-23(20)36-3/h4-13H,14-15H2,1-3H3,(H,29,33). The van der Waals surface area contributed by atoms with Crippen LogP contribution in [0.15, 0.2) is 65.8 Å². The van der Waals surface area contributed by atoms with Gasteiger partial charge in [-0.3, -0.25) is 9.36 Å².